The first kappa shape index (κ1) is 27.5. The smallest absolute Gasteiger partial charge is 0.161 e. The summed E-state index contributed by atoms with van der Waals surface area (Å²) in [4.78, 5) is 7.84. The highest BCUT2D eigenvalue weighted by Crippen LogP contribution is 2.32. The molecule has 4 rings (SSSR count). The van der Waals surface area contributed by atoms with E-state index >= 15 is 0 Å². The fourth-order valence-corrected chi connectivity index (χ4v) is 4.88. The number of ether oxygens (including phenoxy) is 2. The van der Waals surface area contributed by atoms with Gasteiger partial charge in [-0.3, -0.25) is 4.90 Å². The average Bonchev–Trinajstić information content (AvgIpc) is 3.33. The Morgan fingerprint density at radius 2 is 1.39 bits per heavy atom. The Morgan fingerprint density at radius 3 is 2.03 bits per heavy atom. The van der Waals surface area contributed by atoms with Gasteiger partial charge in [-0.2, -0.15) is 0 Å². The molecule has 0 aliphatic carbocycles. The van der Waals surface area contributed by atoms with Gasteiger partial charge in [-0.15, -0.1) is 0 Å². The van der Waals surface area contributed by atoms with Crippen LogP contribution in [0.1, 0.15) is 50.8 Å². The van der Waals surface area contributed by atoms with Crippen LogP contribution in [0.25, 0.3) is 22.6 Å². The maximum Gasteiger partial charge on any atom is 0.161 e. The molecule has 38 heavy (non-hydrogen) atoms. The molecule has 0 bridgehead atoms. The van der Waals surface area contributed by atoms with Gasteiger partial charge in [0.1, 0.15) is 5.82 Å². The molecule has 0 unspecified atom stereocenters. The minimum atomic E-state index is 0.757. The second-order valence-corrected chi connectivity index (χ2v) is 9.72. The molecule has 0 atom stereocenters. The first-order chi connectivity index (χ1) is 18.7. The number of methoxy groups -OCH3 is 2. The summed E-state index contributed by atoms with van der Waals surface area (Å²) in [6.45, 7) is 8.12. The second-order valence-electron chi connectivity index (χ2n) is 9.72. The lowest BCUT2D eigenvalue weighted by Gasteiger charge is -2.24. The van der Waals surface area contributed by atoms with Crippen LogP contribution in [0, 0.1) is 0 Å². The molecule has 200 valence electrons. The van der Waals surface area contributed by atoms with Crippen molar-refractivity contribution in [3.8, 4) is 34.1 Å². The zero-order valence-electron chi connectivity index (χ0n) is 23.3. The Balaban J connectivity index is 1.78. The van der Waals surface area contributed by atoms with Gasteiger partial charge in [-0.1, -0.05) is 93.4 Å². The molecule has 0 N–H and O–H groups in total. The van der Waals surface area contributed by atoms with Crippen molar-refractivity contribution in [2.45, 2.75) is 59.2 Å². The quantitative estimate of drug-likeness (QED) is 0.173. The third kappa shape index (κ3) is 6.65. The lowest BCUT2D eigenvalue weighted by atomic mass is 10.1. The Hall–Kier alpha value is -3.57. The van der Waals surface area contributed by atoms with Crippen LogP contribution >= 0.6 is 0 Å². The van der Waals surface area contributed by atoms with Gasteiger partial charge in [0, 0.05) is 30.8 Å². The Kier molecular flexibility index (Phi) is 9.99. The van der Waals surface area contributed by atoms with Crippen LogP contribution in [-0.4, -0.2) is 35.2 Å². The van der Waals surface area contributed by atoms with Crippen LogP contribution in [-0.2, 0) is 19.6 Å². The summed E-state index contributed by atoms with van der Waals surface area (Å²) < 4.78 is 13.5. The molecular formula is C33H41N3O2. The van der Waals surface area contributed by atoms with E-state index in [2.05, 4.69) is 96.1 Å². The highest BCUT2D eigenvalue weighted by Gasteiger charge is 2.22. The van der Waals surface area contributed by atoms with Gasteiger partial charge in [-0.05, 0) is 37.1 Å². The standard InChI is InChI=1S/C33H41N3O2/c1-5-7-21-35(24-26-19-20-30(37-3)31(23-26)38-4)25-29-32(27-15-11-9-12-16-27)34-33(36(29)22-8-6-2)28-17-13-10-14-18-28/h9-20,23H,5-8,21-22,24-25H2,1-4H3. The van der Waals surface area contributed by atoms with Crippen molar-refractivity contribution in [1.82, 2.24) is 14.5 Å². The number of unbranched alkanes of at least 4 members (excludes halogenated alkanes) is 2. The van der Waals surface area contributed by atoms with Crippen LogP contribution in [0.5, 0.6) is 11.5 Å². The minimum absolute atomic E-state index is 0.757. The molecule has 0 radical (unpaired) electrons. The normalized spacial score (nSPS) is 11.2. The topological polar surface area (TPSA) is 39.5 Å². The third-order valence-corrected chi connectivity index (χ3v) is 6.94. The number of nitrogens with zero attached hydrogens (tertiary/aromatic N) is 3. The predicted octanol–water partition coefficient (Wildman–Crippen LogP) is 7.84. The van der Waals surface area contributed by atoms with Gasteiger partial charge in [0.05, 0.1) is 25.6 Å². The summed E-state index contributed by atoms with van der Waals surface area (Å²) in [5.74, 6) is 2.58. The van der Waals surface area contributed by atoms with Crippen molar-refractivity contribution in [3.05, 3.63) is 90.1 Å². The van der Waals surface area contributed by atoms with Crippen molar-refractivity contribution in [3.63, 3.8) is 0 Å². The maximum atomic E-state index is 5.59. The first-order valence-corrected chi connectivity index (χ1v) is 13.8. The van der Waals surface area contributed by atoms with E-state index in [0.29, 0.717) is 0 Å². The molecule has 3 aromatic carbocycles. The summed E-state index contributed by atoms with van der Waals surface area (Å²) in [5.41, 5.74) is 5.89. The zero-order chi connectivity index (χ0) is 26.7. The lowest BCUT2D eigenvalue weighted by molar-refractivity contribution is 0.245. The third-order valence-electron chi connectivity index (χ3n) is 6.94. The second kappa shape index (κ2) is 13.8. The number of benzene rings is 3. The molecule has 0 fully saturated rings. The average molecular weight is 512 g/mol. The van der Waals surface area contributed by atoms with Gasteiger partial charge >= 0.3 is 0 Å². The van der Waals surface area contributed by atoms with E-state index in [4.69, 9.17) is 14.5 Å². The fourth-order valence-electron chi connectivity index (χ4n) is 4.88. The van der Waals surface area contributed by atoms with Crippen LogP contribution in [0.4, 0.5) is 0 Å². The fraction of sp³-hybridized carbons (Fsp3) is 0.364. The summed E-state index contributed by atoms with van der Waals surface area (Å²) in [5, 5.41) is 0. The van der Waals surface area contributed by atoms with Gasteiger partial charge in [-0.25, -0.2) is 4.98 Å². The number of aromatic nitrogens is 2. The van der Waals surface area contributed by atoms with Crippen LogP contribution in [0.2, 0.25) is 0 Å². The maximum absolute atomic E-state index is 5.59. The molecular weight excluding hydrogens is 470 g/mol. The molecule has 0 amide bonds. The van der Waals surface area contributed by atoms with E-state index in [1.54, 1.807) is 14.2 Å². The van der Waals surface area contributed by atoms with Crippen LogP contribution in [0.15, 0.2) is 78.9 Å². The molecule has 4 aromatic rings. The summed E-state index contributed by atoms with van der Waals surface area (Å²) in [6, 6.07) is 27.5. The lowest BCUT2D eigenvalue weighted by Crippen LogP contribution is -2.26. The largest absolute Gasteiger partial charge is 0.493 e. The van der Waals surface area contributed by atoms with Gasteiger partial charge < -0.3 is 14.0 Å². The van der Waals surface area contributed by atoms with Crippen molar-refractivity contribution < 1.29 is 9.47 Å². The van der Waals surface area contributed by atoms with Crippen molar-refractivity contribution in [2.75, 3.05) is 20.8 Å². The Bertz CT molecular complexity index is 1270. The SMILES string of the molecule is CCCCN(Cc1ccc(OC)c(OC)c1)Cc1c(-c2ccccc2)nc(-c2ccccc2)n1CCCC. The number of rotatable bonds is 14. The molecule has 0 aliphatic heterocycles. The van der Waals surface area contributed by atoms with Gasteiger partial charge in [0.15, 0.2) is 11.5 Å². The Morgan fingerprint density at radius 1 is 0.737 bits per heavy atom. The molecule has 1 aromatic heterocycles. The summed E-state index contributed by atoms with van der Waals surface area (Å²) in [7, 11) is 3.37. The highest BCUT2D eigenvalue weighted by molar-refractivity contribution is 5.68. The van der Waals surface area contributed by atoms with E-state index in [0.717, 1.165) is 86.0 Å². The molecule has 0 spiro atoms. The molecule has 0 saturated heterocycles. The van der Waals surface area contributed by atoms with Gasteiger partial charge in [0.2, 0.25) is 0 Å². The first-order valence-electron chi connectivity index (χ1n) is 13.8. The molecule has 0 saturated carbocycles. The van der Waals surface area contributed by atoms with Gasteiger partial charge in [0.25, 0.3) is 0 Å². The number of hydrogen-bond donors (Lipinski definition) is 0. The minimum Gasteiger partial charge on any atom is -0.493 e. The van der Waals surface area contributed by atoms with Crippen LogP contribution < -0.4 is 9.47 Å². The molecule has 0 aliphatic rings. The van der Waals surface area contributed by atoms with Crippen molar-refractivity contribution in [1.29, 1.82) is 0 Å². The number of imidazole rings is 1. The molecule has 1 heterocycles. The van der Waals surface area contributed by atoms with E-state index in [-0.39, 0.29) is 0 Å². The van der Waals surface area contributed by atoms with E-state index in [1.165, 1.54) is 11.3 Å². The highest BCUT2D eigenvalue weighted by atomic mass is 16.5. The predicted molar refractivity (Wildman–Crippen MR) is 157 cm³/mol. The molecule has 5 nitrogen and oxygen atoms in total. The zero-order valence-corrected chi connectivity index (χ0v) is 23.3. The number of hydrogen-bond acceptors (Lipinski definition) is 4. The molecule has 5 heteroatoms. The van der Waals surface area contributed by atoms with E-state index in [9.17, 15) is 0 Å². The van der Waals surface area contributed by atoms with E-state index in [1.807, 2.05) is 6.07 Å². The van der Waals surface area contributed by atoms with Crippen molar-refractivity contribution >= 4 is 0 Å². The summed E-state index contributed by atoms with van der Waals surface area (Å²) in [6.07, 6.45) is 4.54. The van der Waals surface area contributed by atoms with E-state index < -0.39 is 0 Å². The van der Waals surface area contributed by atoms with Crippen LogP contribution in [0.3, 0.4) is 0 Å². The monoisotopic (exact) mass is 511 g/mol. The van der Waals surface area contributed by atoms with Crippen molar-refractivity contribution in [2.24, 2.45) is 0 Å². The summed E-state index contributed by atoms with van der Waals surface area (Å²) >= 11 is 0. The Labute approximate surface area is 228 Å².